The SMILES string of the molecule is COc1ccnc(CNC(=O)C2CCC(C(=O)O)N2C2CC2)c1F. The van der Waals surface area contributed by atoms with Crippen LogP contribution in [0, 0.1) is 5.82 Å². The van der Waals surface area contributed by atoms with Crippen molar-refractivity contribution >= 4 is 11.9 Å². The molecule has 2 heterocycles. The lowest BCUT2D eigenvalue weighted by Gasteiger charge is -2.27. The van der Waals surface area contributed by atoms with Crippen LogP contribution in [0.15, 0.2) is 12.3 Å². The van der Waals surface area contributed by atoms with Crippen LogP contribution in [0.25, 0.3) is 0 Å². The van der Waals surface area contributed by atoms with Crippen molar-refractivity contribution in [2.24, 2.45) is 0 Å². The van der Waals surface area contributed by atoms with E-state index < -0.39 is 23.9 Å². The van der Waals surface area contributed by atoms with E-state index in [1.807, 2.05) is 0 Å². The zero-order chi connectivity index (χ0) is 17.3. The van der Waals surface area contributed by atoms with Crippen LogP contribution in [0.1, 0.15) is 31.4 Å². The maximum absolute atomic E-state index is 14.1. The maximum Gasteiger partial charge on any atom is 0.320 e. The number of methoxy groups -OCH3 is 1. The number of nitrogens with one attached hydrogen (secondary N) is 1. The standard InChI is InChI=1S/C16H20FN3O4/c1-24-13-6-7-18-10(14(13)17)8-19-15(21)11-4-5-12(16(22)23)20(11)9-2-3-9/h6-7,9,11-12H,2-5,8H2,1H3,(H,19,21)(H,22,23). The summed E-state index contributed by atoms with van der Waals surface area (Å²) in [5.74, 6) is -1.71. The van der Waals surface area contributed by atoms with Crippen molar-refractivity contribution in [2.45, 2.75) is 50.4 Å². The summed E-state index contributed by atoms with van der Waals surface area (Å²) in [7, 11) is 1.36. The van der Waals surface area contributed by atoms with Crippen LogP contribution in [0.4, 0.5) is 4.39 Å². The minimum absolute atomic E-state index is 0.0609. The van der Waals surface area contributed by atoms with Crippen molar-refractivity contribution in [3.05, 3.63) is 23.8 Å². The van der Waals surface area contributed by atoms with Crippen LogP contribution in [0.3, 0.4) is 0 Å². The van der Waals surface area contributed by atoms with Crippen molar-refractivity contribution in [2.75, 3.05) is 7.11 Å². The number of ether oxygens (including phenoxy) is 1. The van der Waals surface area contributed by atoms with E-state index in [2.05, 4.69) is 10.3 Å². The minimum Gasteiger partial charge on any atom is -0.494 e. The van der Waals surface area contributed by atoms with Gasteiger partial charge in [-0.3, -0.25) is 19.5 Å². The normalized spacial score (nSPS) is 23.9. The van der Waals surface area contributed by atoms with Crippen molar-refractivity contribution in [3.63, 3.8) is 0 Å². The van der Waals surface area contributed by atoms with Gasteiger partial charge < -0.3 is 15.2 Å². The fourth-order valence-corrected chi connectivity index (χ4v) is 3.27. The fourth-order valence-electron chi connectivity index (χ4n) is 3.27. The number of carbonyl (C=O) groups excluding carboxylic acids is 1. The van der Waals surface area contributed by atoms with Gasteiger partial charge in [0.25, 0.3) is 0 Å². The quantitative estimate of drug-likeness (QED) is 0.802. The molecule has 0 radical (unpaired) electrons. The highest BCUT2D eigenvalue weighted by molar-refractivity contribution is 5.84. The average molecular weight is 337 g/mol. The van der Waals surface area contributed by atoms with E-state index in [9.17, 15) is 19.1 Å². The summed E-state index contributed by atoms with van der Waals surface area (Å²) in [4.78, 5) is 29.5. The number of hydrogen-bond acceptors (Lipinski definition) is 5. The molecule has 130 valence electrons. The molecule has 0 spiro atoms. The number of carbonyl (C=O) groups is 2. The van der Waals surface area contributed by atoms with E-state index in [4.69, 9.17) is 4.74 Å². The molecule has 24 heavy (non-hydrogen) atoms. The van der Waals surface area contributed by atoms with Crippen molar-refractivity contribution in [3.8, 4) is 5.75 Å². The van der Waals surface area contributed by atoms with Crippen LogP contribution in [-0.4, -0.2) is 52.1 Å². The van der Waals surface area contributed by atoms with Crippen LogP contribution in [-0.2, 0) is 16.1 Å². The highest BCUT2D eigenvalue weighted by Crippen LogP contribution is 2.37. The molecular formula is C16H20FN3O4. The van der Waals surface area contributed by atoms with Crippen LogP contribution in [0.5, 0.6) is 5.75 Å². The summed E-state index contributed by atoms with van der Waals surface area (Å²) in [6.45, 7) is -0.0609. The Morgan fingerprint density at radius 1 is 1.38 bits per heavy atom. The summed E-state index contributed by atoms with van der Waals surface area (Å²) < 4.78 is 18.9. The number of amides is 1. The second-order valence-electron chi connectivity index (χ2n) is 6.12. The van der Waals surface area contributed by atoms with Gasteiger partial charge >= 0.3 is 5.97 Å². The third kappa shape index (κ3) is 3.19. The van der Waals surface area contributed by atoms with Gasteiger partial charge in [-0.1, -0.05) is 0 Å². The number of halogens is 1. The number of carboxylic acid groups (broad SMARTS) is 1. The Hall–Kier alpha value is -2.22. The summed E-state index contributed by atoms with van der Waals surface area (Å²) in [5.41, 5.74) is 0.0912. The molecule has 0 bridgehead atoms. The van der Waals surface area contributed by atoms with Gasteiger partial charge in [-0.25, -0.2) is 4.39 Å². The summed E-state index contributed by atoms with van der Waals surface area (Å²) in [5, 5.41) is 12.0. The molecule has 3 rings (SSSR count). The predicted octanol–water partition coefficient (Wildman–Crippen LogP) is 0.925. The summed E-state index contributed by atoms with van der Waals surface area (Å²) in [6.07, 6.45) is 4.19. The third-order valence-corrected chi connectivity index (χ3v) is 4.57. The Morgan fingerprint density at radius 2 is 2.08 bits per heavy atom. The number of likely N-dealkylation sites (tertiary alicyclic amines) is 1. The first-order valence-corrected chi connectivity index (χ1v) is 7.98. The third-order valence-electron chi connectivity index (χ3n) is 4.57. The smallest absolute Gasteiger partial charge is 0.320 e. The Balaban J connectivity index is 1.66. The lowest BCUT2D eigenvalue weighted by Crippen LogP contribution is -2.49. The molecule has 2 fully saturated rings. The largest absolute Gasteiger partial charge is 0.494 e. The van der Waals surface area contributed by atoms with Gasteiger partial charge in [-0.05, 0) is 25.7 Å². The van der Waals surface area contributed by atoms with Gasteiger partial charge in [-0.15, -0.1) is 0 Å². The van der Waals surface area contributed by atoms with Crippen LogP contribution >= 0.6 is 0 Å². The number of hydrogen-bond donors (Lipinski definition) is 2. The highest BCUT2D eigenvalue weighted by atomic mass is 19.1. The van der Waals surface area contributed by atoms with Crippen LogP contribution < -0.4 is 10.1 Å². The van der Waals surface area contributed by atoms with Gasteiger partial charge in [0.1, 0.15) is 6.04 Å². The van der Waals surface area contributed by atoms with Crippen molar-refractivity contribution in [1.29, 1.82) is 0 Å². The van der Waals surface area contributed by atoms with E-state index >= 15 is 0 Å². The first-order chi connectivity index (χ1) is 11.5. The fraction of sp³-hybridized carbons (Fsp3) is 0.562. The van der Waals surface area contributed by atoms with Gasteiger partial charge in [0.2, 0.25) is 5.91 Å². The van der Waals surface area contributed by atoms with Gasteiger partial charge in [0.15, 0.2) is 11.6 Å². The number of rotatable bonds is 6. The number of aromatic nitrogens is 1. The van der Waals surface area contributed by atoms with E-state index in [0.29, 0.717) is 12.8 Å². The Labute approximate surface area is 138 Å². The molecule has 1 aromatic rings. The zero-order valence-corrected chi connectivity index (χ0v) is 13.4. The second-order valence-corrected chi connectivity index (χ2v) is 6.12. The Morgan fingerprint density at radius 3 is 2.71 bits per heavy atom. The molecule has 1 saturated heterocycles. The predicted molar refractivity (Wildman–Crippen MR) is 81.9 cm³/mol. The molecular weight excluding hydrogens is 317 g/mol. The molecule has 2 aliphatic rings. The Bertz CT molecular complexity index is 650. The second kappa shape index (κ2) is 6.72. The van der Waals surface area contributed by atoms with Crippen LogP contribution in [0.2, 0.25) is 0 Å². The van der Waals surface area contributed by atoms with E-state index in [-0.39, 0.29) is 29.9 Å². The molecule has 1 aliphatic carbocycles. The number of pyridine rings is 1. The number of nitrogens with zero attached hydrogens (tertiary/aromatic N) is 2. The molecule has 1 saturated carbocycles. The number of carboxylic acids is 1. The molecule has 1 amide bonds. The van der Waals surface area contributed by atoms with Gasteiger partial charge in [0.05, 0.1) is 25.4 Å². The summed E-state index contributed by atoms with van der Waals surface area (Å²) in [6, 6.07) is 0.479. The van der Waals surface area contributed by atoms with E-state index in [0.717, 1.165) is 12.8 Å². The van der Waals surface area contributed by atoms with E-state index in [1.54, 1.807) is 4.90 Å². The monoisotopic (exact) mass is 337 g/mol. The Kier molecular flexibility index (Phi) is 4.66. The molecule has 0 aromatic carbocycles. The molecule has 1 aliphatic heterocycles. The molecule has 8 heteroatoms. The topological polar surface area (TPSA) is 91.8 Å². The molecule has 2 N–H and O–H groups in total. The average Bonchev–Trinajstić information content (AvgIpc) is 3.31. The molecule has 2 unspecified atom stereocenters. The minimum atomic E-state index is -0.891. The van der Waals surface area contributed by atoms with E-state index in [1.165, 1.54) is 19.4 Å². The first kappa shape index (κ1) is 16.6. The zero-order valence-electron chi connectivity index (χ0n) is 13.4. The highest BCUT2D eigenvalue weighted by Gasteiger charge is 2.48. The lowest BCUT2D eigenvalue weighted by atomic mass is 10.2. The maximum atomic E-state index is 14.1. The lowest BCUT2D eigenvalue weighted by molar-refractivity contribution is -0.143. The number of aliphatic carboxylic acids is 1. The van der Waals surface area contributed by atoms with Gasteiger partial charge in [-0.2, -0.15) is 0 Å². The van der Waals surface area contributed by atoms with Gasteiger partial charge in [0, 0.05) is 18.3 Å². The molecule has 1 aromatic heterocycles. The van der Waals surface area contributed by atoms with Crippen molar-refractivity contribution in [1.82, 2.24) is 15.2 Å². The summed E-state index contributed by atoms with van der Waals surface area (Å²) >= 11 is 0. The molecule has 2 atom stereocenters. The first-order valence-electron chi connectivity index (χ1n) is 7.98. The van der Waals surface area contributed by atoms with Crippen molar-refractivity contribution < 1.29 is 23.8 Å². The molecule has 7 nitrogen and oxygen atoms in total.